The number of hydrogen-bond donors (Lipinski definition) is 0. The minimum Gasteiger partial charge on any atom is -0.496 e. The van der Waals surface area contributed by atoms with E-state index in [0.29, 0.717) is 12.5 Å². The van der Waals surface area contributed by atoms with Crippen LogP contribution in [-0.4, -0.2) is 35.5 Å². The van der Waals surface area contributed by atoms with E-state index in [1.165, 1.54) is 0 Å². The molecule has 0 N–H and O–H groups in total. The van der Waals surface area contributed by atoms with Crippen LogP contribution in [0.15, 0.2) is 35.8 Å². The van der Waals surface area contributed by atoms with Crippen LogP contribution in [0, 0.1) is 0 Å². The number of aromatic nitrogens is 1. The monoisotopic (exact) mass is 316 g/mol. The fourth-order valence-electron chi connectivity index (χ4n) is 2.60. The molecule has 1 aliphatic carbocycles. The Labute approximate surface area is 134 Å². The summed E-state index contributed by atoms with van der Waals surface area (Å²) in [6.45, 7) is 0.756. The van der Waals surface area contributed by atoms with Gasteiger partial charge in [-0.25, -0.2) is 4.98 Å². The van der Waals surface area contributed by atoms with E-state index >= 15 is 0 Å². The Kier molecular flexibility index (Phi) is 4.73. The highest BCUT2D eigenvalue weighted by molar-refractivity contribution is 7.09. The number of hydrogen-bond acceptors (Lipinski definition) is 4. The van der Waals surface area contributed by atoms with Gasteiger partial charge in [-0.05, 0) is 18.9 Å². The lowest BCUT2D eigenvalue weighted by atomic mass is 10.1. The fraction of sp³-hybridized carbons (Fsp3) is 0.412. The summed E-state index contributed by atoms with van der Waals surface area (Å²) >= 11 is 1.65. The van der Waals surface area contributed by atoms with Crippen LogP contribution in [0.4, 0.5) is 0 Å². The number of amides is 1. The molecular formula is C17H20N2O2S. The van der Waals surface area contributed by atoms with Crippen LogP contribution < -0.4 is 4.74 Å². The molecule has 0 radical (unpaired) electrons. The molecule has 3 rings (SSSR count). The van der Waals surface area contributed by atoms with Gasteiger partial charge in [-0.15, -0.1) is 11.3 Å². The first kappa shape index (κ1) is 15.0. The SMILES string of the molecule is COc1ccccc1CC(=O)N(CCc1nccs1)C1CC1. The Morgan fingerprint density at radius 3 is 2.91 bits per heavy atom. The number of ether oxygens (including phenoxy) is 1. The van der Waals surface area contributed by atoms with Gasteiger partial charge in [0.1, 0.15) is 5.75 Å². The molecule has 0 spiro atoms. The molecule has 1 heterocycles. The number of carbonyl (C=O) groups is 1. The highest BCUT2D eigenvalue weighted by Gasteiger charge is 2.32. The lowest BCUT2D eigenvalue weighted by Crippen LogP contribution is -2.36. The number of methoxy groups -OCH3 is 1. The van der Waals surface area contributed by atoms with Crippen molar-refractivity contribution >= 4 is 17.2 Å². The first-order valence-electron chi connectivity index (χ1n) is 7.57. The van der Waals surface area contributed by atoms with Gasteiger partial charge in [-0.2, -0.15) is 0 Å². The molecule has 1 saturated carbocycles. The molecular weight excluding hydrogens is 296 g/mol. The van der Waals surface area contributed by atoms with Gasteiger partial charge < -0.3 is 9.64 Å². The first-order valence-corrected chi connectivity index (χ1v) is 8.45. The number of thiazole rings is 1. The van der Waals surface area contributed by atoms with E-state index in [9.17, 15) is 4.79 Å². The summed E-state index contributed by atoms with van der Waals surface area (Å²) in [6.07, 6.45) is 5.30. The smallest absolute Gasteiger partial charge is 0.227 e. The number of nitrogens with zero attached hydrogens (tertiary/aromatic N) is 2. The summed E-state index contributed by atoms with van der Waals surface area (Å²) in [5.74, 6) is 0.968. The van der Waals surface area contributed by atoms with Gasteiger partial charge in [0, 0.05) is 36.1 Å². The summed E-state index contributed by atoms with van der Waals surface area (Å²) < 4.78 is 5.34. The number of para-hydroxylation sites is 1. The third-order valence-corrected chi connectivity index (χ3v) is 4.73. The lowest BCUT2D eigenvalue weighted by Gasteiger charge is -2.22. The Hall–Kier alpha value is -1.88. The van der Waals surface area contributed by atoms with Crippen molar-refractivity contribution in [3.8, 4) is 5.75 Å². The Morgan fingerprint density at radius 2 is 2.23 bits per heavy atom. The minimum atomic E-state index is 0.184. The summed E-state index contributed by atoms with van der Waals surface area (Å²) in [5.41, 5.74) is 0.954. The highest BCUT2D eigenvalue weighted by atomic mass is 32.1. The van der Waals surface area contributed by atoms with Gasteiger partial charge in [0.2, 0.25) is 5.91 Å². The van der Waals surface area contributed by atoms with Gasteiger partial charge in [-0.3, -0.25) is 4.79 Å². The van der Waals surface area contributed by atoms with Crippen molar-refractivity contribution in [2.24, 2.45) is 0 Å². The van der Waals surface area contributed by atoms with Crippen LogP contribution in [0.1, 0.15) is 23.4 Å². The van der Waals surface area contributed by atoms with Gasteiger partial charge in [0.05, 0.1) is 18.5 Å². The molecule has 0 aliphatic heterocycles. The molecule has 2 aromatic rings. The molecule has 22 heavy (non-hydrogen) atoms. The van der Waals surface area contributed by atoms with Crippen molar-refractivity contribution < 1.29 is 9.53 Å². The largest absolute Gasteiger partial charge is 0.496 e. The zero-order valence-electron chi connectivity index (χ0n) is 12.7. The van der Waals surface area contributed by atoms with Crippen molar-refractivity contribution in [3.63, 3.8) is 0 Å². The third kappa shape index (κ3) is 3.65. The van der Waals surface area contributed by atoms with Crippen LogP contribution in [-0.2, 0) is 17.6 Å². The average molecular weight is 316 g/mol. The quantitative estimate of drug-likeness (QED) is 0.789. The zero-order valence-corrected chi connectivity index (χ0v) is 13.5. The normalized spacial score (nSPS) is 13.9. The van der Waals surface area contributed by atoms with Crippen LogP contribution in [0.5, 0.6) is 5.75 Å². The zero-order chi connectivity index (χ0) is 15.4. The van der Waals surface area contributed by atoms with Crippen LogP contribution in [0.3, 0.4) is 0 Å². The summed E-state index contributed by atoms with van der Waals surface area (Å²) in [4.78, 5) is 19.0. The van der Waals surface area contributed by atoms with Crippen LogP contribution >= 0.6 is 11.3 Å². The van der Waals surface area contributed by atoms with E-state index in [0.717, 1.165) is 42.1 Å². The van der Waals surface area contributed by atoms with Crippen molar-refractivity contribution in [2.75, 3.05) is 13.7 Å². The highest BCUT2D eigenvalue weighted by Crippen LogP contribution is 2.28. The van der Waals surface area contributed by atoms with Gasteiger partial charge in [0.25, 0.3) is 0 Å². The van der Waals surface area contributed by atoms with E-state index in [1.54, 1.807) is 18.4 Å². The molecule has 0 unspecified atom stereocenters. The summed E-state index contributed by atoms with van der Waals surface area (Å²) in [5, 5.41) is 3.07. The second-order valence-corrected chi connectivity index (χ2v) is 6.46. The minimum absolute atomic E-state index is 0.184. The van der Waals surface area contributed by atoms with Crippen molar-refractivity contribution in [2.45, 2.75) is 31.7 Å². The molecule has 1 aromatic carbocycles. The molecule has 0 bridgehead atoms. The lowest BCUT2D eigenvalue weighted by molar-refractivity contribution is -0.131. The standard InChI is InChI=1S/C17H20N2O2S/c1-21-15-5-3-2-4-13(15)12-17(20)19(14-6-7-14)10-8-16-18-9-11-22-16/h2-5,9,11,14H,6-8,10,12H2,1H3. The van der Waals surface area contributed by atoms with Gasteiger partial charge in [0.15, 0.2) is 0 Å². The van der Waals surface area contributed by atoms with Crippen molar-refractivity contribution in [3.05, 3.63) is 46.4 Å². The molecule has 4 nitrogen and oxygen atoms in total. The van der Waals surface area contributed by atoms with E-state index < -0.39 is 0 Å². The molecule has 1 aliphatic rings. The maximum Gasteiger partial charge on any atom is 0.227 e. The maximum atomic E-state index is 12.7. The first-order chi connectivity index (χ1) is 10.8. The molecule has 1 fully saturated rings. The molecule has 1 amide bonds. The van der Waals surface area contributed by atoms with Gasteiger partial charge >= 0.3 is 0 Å². The number of benzene rings is 1. The van der Waals surface area contributed by atoms with E-state index in [4.69, 9.17) is 4.74 Å². The summed E-state index contributed by atoms with van der Waals surface area (Å²) in [7, 11) is 1.64. The molecule has 0 saturated heterocycles. The van der Waals surface area contributed by atoms with E-state index in [1.807, 2.05) is 40.7 Å². The van der Waals surface area contributed by atoms with Crippen molar-refractivity contribution in [1.29, 1.82) is 0 Å². The van der Waals surface area contributed by atoms with Gasteiger partial charge in [-0.1, -0.05) is 18.2 Å². The van der Waals surface area contributed by atoms with E-state index in [-0.39, 0.29) is 5.91 Å². The molecule has 116 valence electrons. The van der Waals surface area contributed by atoms with Crippen LogP contribution in [0.2, 0.25) is 0 Å². The van der Waals surface area contributed by atoms with Crippen molar-refractivity contribution in [1.82, 2.24) is 9.88 Å². The summed E-state index contributed by atoms with van der Waals surface area (Å²) in [6, 6.07) is 8.15. The number of carbonyl (C=O) groups excluding carboxylic acids is 1. The van der Waals surface area contributed by atoms with E-state index in [2.05, 4.69) is 4.98 Å². The molecule has 1 aromatic heterocycles. The Bertz CT molecular complexity index is 623. The van der Waals surface area contributed by atoms with Crippen LogP contribution in [0.25, 0.3) is 0 Å². The Balaban J connectivity index is 1.65. The average Bonchev–Trinajstić information content (AvgIpc) is 3.23. The predicted molar refractivity (Wildman–Crippen MR) is 87.3 cm³/mol. The molecule has 0 atom stereocenters. The second-order valence-electron chi connectivity index (χ2n) is 5.48. The molecule has 5 heteroatoms. The predicted octanol–water partition coefficient (Wildman–Crippen LogP) is 2.93. The third-order valence-electron chi connectivity index (χ3n) is 3.89. The maximum absolute atomic E-state index is 12.7. The topological polar surface area (TPSA) is 42.4 Å². The number of rotatable bonds is 7. The fourth-order valence-corrected chi connectivity index (χ4v) is 3.21. The second kappa shape index (κ2) is 6.92. The Morgan fingerprint density at radius 1 is 1.41 bits per heavy atom.